The second-order valence-electron chi connectivity index (χ2n) is 4.86. The minimum absolute atomic E-state index is 0.184. The van der Waals surface area contributed by atoms with E-state index in [-0.39, 0.29) is 16.6 Å². The molecule has 1 heterocycles. The summed E-state index contributed by atoms with van der Waals surface area (Å²) in [7, 11) is 0. The maximum absolute atomic E-state index is 12.5. The monoisotopic (exact) mass is 286 g/mol. The summed E-state index contributed by atoms with van der Waals surface area (Å²) in [5.74, 6) is -0.184. The number of rotatable bonds is 3. The number of carbonyl (C=O) groups excluding carboxylic acids is 1. The number of hydrogen-bond acceptors (Lipinski definition) is 2. The van der Waals surface area contributed by atoms with Crippen molar-refractivity contribution in [1.29, 1.82) is 0 Å². The first kappa shape index (κ1) is 15.0. The standard InChI is InChI=1S/C13H16Cl2N2O/c1-5-6-17(13(2,3)4)12(18)9-7-11(15)16-8-10(9)14/h5,7-8H,1,6H2,2-4H3. The molecule has 0 fully saturated rings. The van der Waals surface area contributed by atoms with Gasteiger partial charge in [-0.2, -0.15) is 0 Å². The van der Waals surface area contributed by atoms with Gasteiger partial charge in [-0.25, -0.2) is 4.98 Å². The summed E-state index contributed by atoms with van der Waals surface area (Å²) >= 11 is 11.8. The van der Waals surface area contributed by atoms with Gasteiger partial charge in [0.2, 0.25) is 0 Å². The summed E-state index contributed by atoms with van der Waals surface area (Å²) < 4.78 is 0. The molecule has 0 N–H and O–H groups in total. The smallest absolute Gasteiger partial charge is 0.256 e. The Morgan fingerprint density at radius 1 is 1.50 bits per heavy atom. The van der Waals surface area contributed by atoms with Crippen molar-refractivity contribution in [2.75, 3.05) is 6.54 Å². The van der Waals surface area contributed by atoms with Gasteiger partial charge in [0, 0.05) is 18.3 Å². The number of carbonyl (C=O) groups is 1. The van der Waals surface area contributed by atoms with Gasteiger partial charge in [0.25, 0.3) is 5.91 Å². The number of hydrogen-bond donors (Lipinski definition) is 0. The topological polar surface area (TPSA) is 33.2 Å². The van der Waals surface area contributed by atoms with Gasteiger partial charge < -0.3 is 4.90 Å². The van der Waals surface area contributed by atoms with E-state index in [0.717, 1.165) is 0 Å². The molecule has 1 aromatic rings. The third kappa shape index (κ3) is 3.47. The largest absolute Gasteiger partial charge is 0.330 e. The Labute approximate surface area is 117 Å². The van der Waals surface area contributed by atoms with Crippen LogP contribution in [0.25, 0.3) is 0 Å². The van der Waals surface area contributed by atoms with Crippen molar-refractivity contribution in [1.82, 2.24) is 9.88 Å². The van der Waals surface area contributed by atoms with E-state index in [9.17, 15) is 4.79 Å². The highest BCUT2D eigenvalue weighted by Gasteiger charge is 2.27. The molecule has 0 bridgehead atoms. The number of nitrogens with zero attached hydrogens (tertiary/aromatic N) is 2. The molecule has 0 saturated heterocycles. The molecule has 1 amide bonds. The van der Waals surface area contributed by atoms with E-state index in [4.69, 9.17) is 23.2 Å². The highest BCUT2D eigenvalue weighted by molar-refractivity contribution is 6.35. The van der Waals surface area contributed by atoms with Crippen LogP contribution in [-0.2, 0) is 0 Å². The van der Waals surface area contributed by atoms with Crippen molar-refractivity contribution in [3.05, 3.63) is 40.7 Å². The van der Waals surface area contributed by atoms with Gasteiger partial charge in [-0.3, -0.25) is 4.79 Å². The molecular formula is C13H16Cl2N2O. The molecule has 0 spiro atoms. The second-order valence-corrected chi connectivity index (χ2v) is 5.66. The Kier molecular flexibility index (Phi) is 4.77. The molecule has 1 rings (SSSR count). The lowest BCUT2D eigenvalue weighted by Crippen LogP contribution is -2.45. The average Bonchev–Trinajstić information content (AvgIpc) is 2.27. The van der Waals surface area contributed by atoms with Gasteiger partial charge in [-0.1, -0.05) is 29.3 Å². The summed E-state index contributed by atoms with van der Waals surface area (Å²) in [6, 6.07) is 1.48. The molecule has 0 radical (unpaired) electrons. The first-order valence-corrected chi connectivity index (χ1v) is 6.27. The van der Waals surface area contributed by atoms with E-state index < -0.39 is 0 Å². The predicted molar refractivity (Wildman–Crippen MR) is 75.2 cm³/mol. The Balaban J connectivity index is 3.17. The molecule has 0 aliphatic carbocycles. The van der Waals surface area contributed by atoms with Crippen LogP contribution in [0.3, 0.4) is 0 Å². The van der Waals surface area contributed by atoms with Crippen LogP contribution in [0.4, 0.5) is 0 Å². The Morgan fingerprint density at radius 3 is 2.61 bits per heavy atom. The van der Waals surface area contributed by atoms with Gasteiger partial charge in [-0.15, -0.1) is 6.58 Å². The fourth-order valence-electron chi connectivity index (χ4n) is 1.51. The SMILES string of the molecule is C=CCN(C(=O)c1cc(Cl)ncc1Cl)C(C)(C)C. The Morgan fingerprint density at radius 2 is 2.11 bits per heavy atom. The van der Waals surface area contributed by atoms with E-state index in [1.807, 2.05) is 20.8 Å². The summed E-state index contributed by atoms with van der Waals surface area (Å²) in [6.45, 7) is 9.96. The number of halogens is 2. The minimum atomic E-state index is -0.329. The second kappa shape index (κ2) is 5.72. The van der Waals surface area contributed by atoms with Crippen molar-refractivity contribution in [2.45, 2.75) is 26.3 Å². The lowest BCUT2D eigenvalue weighted by molar-refractivity contribution is 0.0616. The molecular weight excluding hydrogens is 271 g/mol. The molecule has 18 heavy (non-hydrogen) atoms. The van der Waals surface area contributed by atoms with Crippen molar-refractivity contribution >= 4 is 29.1 Å². The fraction of sp³-hybridized carbons (Fsp3) is 0.385. The lowest BCUT2D eigenvalue weighted by atomic mass is 10.0. The molecule has 5 heteroatoms. The van der Waals surface area contributed by atoms with Crippen molar-refractivity contribution in [2.24, 2.45) is 0 Å². The molecule has 0 saturated carbocycles. The predicted octanol–water partition coefficient (Wildman–Crippen LogP) is 3.82. The molecule has 0 aromatic carbocycles. The summed E-state index contributed by atoms with van der Waals surface area (Å²) in [6.07, 6.45) is 3.06. The van der Waals surface area contributed by atoms with Gasteiger partial charge in [0.1, 0.15) is 5.15 Å². The van der Waals surface area contributed by atoms with E-state index in [1.54, 1.807) is 11.0 Å². The molecule has 3 nitrogen and oxygen atoms in total. The molecule has 0 aliphatic rings. The van der Waals surface area contributed by atoms with Crippen LogP contribution in [0.5, 0.6) is 0 Å². The van der Waals surface area contributed by atoms with Gasteiger partial charge in [0.15, 0.2) is 0 Å². The molecule has 0 aliphatic heterocycles. The minimum Gasteiger partial charge on any atom is -0.330 e. The van der Waals surface area contributed by atoms with Crippen LogP contribution in [0, 0.1) is 0 Å². The molecule has 0 unspecified atom stereocenters. The lowest BCUT2D eigenvalue weighted by Gasteiger charge is -2.35. The highest BCUT2D eigenvalue weighted by Crippen LogP contribution is 2.23. The van der Waals surface area contributed by atoms with E-state index in [0.29, 0.717) is 17.1 Å². The first-order chi connectivity index (χ1) is 8.27. The van der Waals surface area contributed by atoms with Crippen LogP contribution >= 0.6 is 23.2 Å². The zero-order valence-corrected chi connectivity index (χ0v) is 12.2. The third-order valence-corrected chi connectivity index (χ3v) is 2.93. The van der Waals surface area contributed by atoms with E-state index >= 15 is 0 Å². The van der Waals surface area contributed by atoms with Crippen LogP contribution in [0.2, 0.25) is 10.2 Å². The summed E-state index contributed by atoms with van der Waals surface area (Å²) in [5.41, 5.74) is 0.0260. The Bertz CT molecular complexity index is 467. The van der Waals surface area contributed by atoms with Crippen LogP contribution < -0.4 is 0 Å². The van der Waals surface area contributed by atoms with Crippen molar-refractivity contribution in [3.8, 4) is 0 Å². The van der Waals surface area contributed by atoms with Gasteiger partial charge >= 0.3 is 0 Å². The quantitative estimate of drug-likeness (QED) is 0.625. The summed E-state index contributed by atoms with van der Waals surface area (Å²) in [5, 5.41) is 0.540. The van der Waals surface area contributed by atoms with Crippen molar-refractivity contribution < 1.29 is 4.79 Å². The number of aromatic nitrogens is 1. The normalized spacial score (nSPS) is 11.2. The third-order valence-electron chi connectivity index (χ3n) is 2.42. The average molecular weight is 287 g/mol. The maximum atomic E-state index is 12.5. The van der Waals surface area contributed by atoms with E-state index in [1.165, 1.54) is 12.3 Å². The number of amides is 1. The summed E-state index contributed by atoms with van der Waals surface area (Å²) in [4.78, 5) is 18.0. The zero-order valence-electron chi connectivity index (χ0n) is 10.7. The number of pyridine rings is 1. The van der Waals surface area contributed by atoms with Crippen LogP contribution in [0.15, 0.2) is 24.9 Å². The fourth-order valence-corrected chi connectivity index (χ4v) is 1.86. The first-order valence-electron chi connectivity index (χ1n) is 5.51. The van der Waals surface area contributed by atoms with Crippen LogP contribution in [-0.4, -0.2) is 27.9 Å². The molecule has 1 aromatic heterocycles. The molecule has 98 valence electrons. The highest BCUT2D eigenvalue weighted by atomic mass is 35.5. The van der Waals surface area contributed by atoms with E-state index in [2.05, 4.69) is 11.6 Å². The maximum Gasteiger partial charge on any atom is 0.256 e. The van der Waals surface area contributed by atoms with Gasteiger partial charge in [-0.05, 0) is 26.8 Å². The Hall–Kier alpha value is -1.06. The van der Waals surface area contributed by atoms with Crippen molar-refractivity contribution in [3.63, 3.8) is 0 Å². The van der Waals surface area contributed by atoms with Gasteiger partial charge in [0.05, 0.1) is 10.6 Å². The zero-order chi connectivity index (χ0) is 13.9. The van der Waals surface area contributed by atoms with Crippen LogP contribution in [0.1, 0.15) is 31.1 Å². The molecule has 0 atom stereocenters.